The first-order valence-corrected chi connectivity index (χ1v) is 7.55. The molecule has 1 aromatic carbocycles. The molecule has 24 heavy (non-hydrogen) atoms. The molecule has 0 radical (unpaired) electrons. The zero-order chi connectivity index (χ0) is 17.9. The van der Waals surface area contributed by atoms with E-state index in [9.17, 15) is 19.2 Å². The molecule has 1 aliphatic rings. The SMILES string of the molecule is Cc1cccc(NC(=O)CN)c1C(=O)N(C)C1CCC(=O)NC1=O. The zero-order valence-electron chi connectivity index (χ0n) is 13.6. The molecule has 0 spiro atoms. The van der Waals surface area contributed by atoms with Crippen LogP contribution in [0.25, 0.3) is 0 Å². The van der Waals surface area contributed by atoms with E-state index in [0.717, 1.165) is 0 Å². The maximum absolute atomic E-state index is 12.9. The van der Waals surface area contributed by atoms with Crippen molar-refractivity contribution in [1.82, 2.24) is 10.2 Å². The van der Waals surface area contributed by atoms with Crippen LogP contribution in [0.4, 0.5) is 5.69 Å². The van der Waals surface area contributed by atoms with Gasteiger partial charge in [0.05, 0.1) is 17.8 Å². The highest BCUT2D eigenvalue weighted by molar-refractivity contribution is 6.08. The van der Waals surface area contributed by atoms with Crippen LogP contribution in [0.5, 0.6) is 0 Å². The minimum atomic E-state index is -0.729. The third-order valence-corrected chi connectivity index (χ3v) is 3.94. The largest absolute Gasteiger partial charge is 0.330 e. The van der Waals surface area contributed by atoms with Crippen LogP contribution in [0.2, 0.25) is 0 Å². The number of carbonyl (C=O) groups excluding carboxylic acids is 4. The summed E-state index contributed by atoms with van der Waals surface area (Å²) >= 11 is 0. The highest BCUT2D eigenvalue weighted by Crippen LogP contribution is 2.23. The van der Waals surface area contributed by atoms with Gasteiger partial charge in [0.25, 0.3) is 5.91 Å². The van der Waals surface area contributed by atoms with Gasteiger partial charge in [-0.05, 0) is 25.0 Å². The number of hydrogen-bond donors (Lipinski definition) is 3. The van der Waals surface area contributed by atoms with Crippen LogP contribution in [-0.2, 0) is 14.4 Å². The summed E-state index contributed by atoms with van der Waals surface area (Å²) in [5, 5.41) is 4.82. The van der Waals surface area contributed by atoms with Crippen LogP contribution in [0.1, 0.15) is 28.8 Å². The van der Waals surface area contributed by atoms with Gasteiger partial charge in [0, 0.05) is 13.5 Å². The highest BCUT2D eigenvalue weighted by atomic mass is 16.2. The summed E-state index contributed by atoms with van der Waals surface area (Å²) in [5.41, 5.74) is 6.60. The van der Waals surface area contributed by atoms with Crippen LogP contribution >= 0.6 is 0 Å². The van der Waals surface area contributed by atoms with Crippen LogP contribution in [0, 0.1) is 6.92 Å². The summed E-state index contributed by atoms with van der Waals surface area (Å²) in [6.07, 6.45) is 0.446. The number of aryl methyl sites for hydroxylation is 1. The maximum atomic E-state index is 12.9. The van der Waals surface area contributed by atoms with Gasteiger partial charge in [0.1, 0.15) is 6.04 Å². The molecule has 1 heterocycles. The topological polar surface area (TPSA) is 122 Å². The van der Waals surface area contributed by atoms with Gasteiger partial charge in [-0.15, -0.1) is 0 Å². The molecule has 0 aromatic heterocycles. The van der Waals surface area contributed by atoms with E-state index in [1.54, 1.807) is 25.1 Å². The number of nitrogens with one attached hydrogen (secondary N) is 2. The second-order valence-corrected chi connectivity index (χ2v) is 5.63. The van der Waals surface area contributed by atoms with Crippen molar-refractivity contribution in [2.45, 2.75) is 25.8 Å². The quantitative estimate of drug-likeness (QED) is 0.658. The molecule has 1 saturated heterocycles. The van der Waals surface area contributed by atoms with E-state index in [1.807, 2.05) is 0 Å². The third-order valence-electron chi connectivity index (χ3n) is 3.94. The fraction of sp³-hybridized carbons (Fsp3) is 0.375. The summed E-state index contributed by atoms with van der Waals surface area (Å²) in [4.78, 5) is 48.9. The Balaban J connectivity index is 2.30. The van der Waals surface area contributed by atoms with E-state index in [1.165, 1.54) is 11.9 Å². The Morgan fingerprint density at radius 3 is 2.71 bits per heavy atom. The lowest BCUT2D eigenvalue weighted by molar-refractivity contribution is -0.136. The molecule has 4 N–H and O–H groups in total. The number of carbonyl (C=O) groups is 4. The number of imide groups is 1. The summed E-state index contributed by atoms with van der Waals surface area (Å²) < 4.78 is 0. The monoisotopic (exact) mass is 332 g/mol. The molecule has 8 heteroatoms. The average molecular weight is 332 g/mol. The standard InChI is InChI=1S/C16H20N4O4/c1-9-4-3-5-10(18-13(22)8-17)14(9)16(24)20(2)11-6-7-12(21)19-15(11)23/h3-5,11H,6-8,17H2,1-2H3,(H,18,22)(H,19,21,23). The van der Waals surface area contributed by atoms with Crippen molar-refractivity contribution in [3.05, 3.63) is 29.3 Å². The summed E-state index contributed by atoms with van der Waals surface area (Å²) in [6.45, 7) is 1.54. The molecule has 1 aromatic rings. The lowest BCUT2D eigenvalue weighted by Crippen LogP contribution is -2.53. The van der Waals surface area contributed by atoms with E-state index in [4.69, 9.17) is 5.73 Å². The van der Waals surface area contributed by atoms with Crippen molar-refractivity contribution < 1.29 is 19.2 Å². The molecular formula is C16H20N4O4. The number of piperidine rings is 1. The first-order chi connectivity index (χ1) is 11.3. The van der Waals surface area contributed by atoms with Gasteiger partial charge in [-0.3, -0.25) is 24.5 Å². The summed E-state index contributed by atoms with van der Waals surface area (Å²) in [7, 11) is 1.50. The van der Waals surface area contributed by atoms with E-state index in [-0.39, 0.29) is 25.3 Å². The second kappa shape index (κ2) is 7.22. The van der Waals surface area contributed by atoms with Crippen LogP contribution in [-0.4, -0.2) is 48.2 Å². The van der Waals surface area contributed by atoms with Crippen LogP contribution < -0.4 is 16.4 Å². The number of anilines is 1. The number of nitrogens with zero attached hydrogens (tertiary/aromatic N) is 1. The predicted octanol–water partition coefficient (Wildman–Crippen LogP) is -0.231. The lowest BCUT2D eigenvalue weighted by Gasteiger charge is -2.30. The fourth-order valence-electron chi connectivity index (χ4n) is 2.63. The third kappa shape index (κ3) is 3.60. The van der Waals surface area contributed by atoms with E-state index in [2.05, 4.69) is 10.6 Å². The fourth-order valence-corrected chi connectivity index (χ4v) is 2.63. The lowest BCUT2D eigenvalue weighted by atomic mass is 10.0. The van der Waals surface area contributed by atoms with Gasteiger partial charge in [0.2, 0.25) is 17.7 Å². The number of amides is 4. The summed E-state index contributed by atoms with van der Waals surface area (Å²) in [5.74, 6) is -1.67. The molecule has 4 amide bonds. The Morgan fingerprint density at radius 1 is 1.38 bits per heavy atom. The molecule has 0 aliphatic carbocycles. The van der Waals surface area contributed by atoms with Gasteiger partial charge < -0.3 is 16.0 Å². The van der Waals surface area contributed by atoms with Gasteiger partial charge in [-0.1, -0.05) is 12.1 Å². The Labute approximate surface area is 139 Å². The summed E-state index contributed by atoms with van der Waals surface area (Å²) in [6, 6.07) is 4.33. The zero-order valence-corrected chi connectivity index (χ0v) is 13.6. The average Bonchev–Trinajstić information content (AvgIpc) is 2.53. The molecule has 1 aliphatic heterocycles. The molecule has 2 rings (SSSR count). The highest BCUT2D eigenvalue weighted by Gasteiger charge is 2.33. The van der Waals surface area contributed by atoms with Gasteiger partial charge >= 0.3 is 0 Å². The molecule has 1 atom stereocenters. The van der Waals surface area contributed by atoms with Crippen molar-refractivity contribution in [1.29, 1.82) is 0 Å². The minimum absolute atomic E-state index is 0.179. The second-order valence-electron chi connectivity index (χ2n) is 5.63. The van der Waals surface area contributed by atoms with Gasteiger partial charge in [-0.25, -0.2) is 0 Å². The molecule has 1 fully saturated rings. The molecule has 8 nitrogen and oxygen atoms in total. The Kier molecular flexibility index (Phi) is 5.30. The van der Waals surface area contributed by atoms with Gasteiger partial charge in [-0.2, -0.15) is 0 Å². The molecule has 128 valence electrons. The first kappa shape index (κ1) is 17.6. The van der Waals surface area contributed by atoms with E-state index in [0.29, 0.717) is 16.8 Å². The van der Waals surface area contributed by atoms with Crippen molar-refractivity contribution >= 4 is 29.3 Å². The number of likely N-dealkylation sites (N-methyl/N-ethyl adjacent to an activating group) is 1. The predicted molar refractivity (Wildman–Crippen MR) is 87.1 cm³/mol. The maximum Gasteiger partial charge on any atom is 0.256 e. The van der Waals surface area contributed by atoms with Gasteiger partial charge in [0.15, 0.2) is 0 Å². The van der Waals surface area contributed by atoms with Crippen molar-refractivity contribution in [2.75, 3.05) is 18.9 Å². The Morgan fingerprint density at radius 2 is 2.08 bits per heavy atom. The van der Waals surface area contributed by atoms with Crippen LogP contribution in [0.3, 0.4) is 0 Å². The number of benzene rings is 1. The molecule has 0 bridgehead atoms. The van der Waals surface area contributed by atoms with Crippen molar-refractivity contribution in [3.8, 4) is 0 Å². The van der Waals surface area contributed by atoms with E-state index < -0.39 is 23.8 Å². The Bertz CT molecular complexity index is 701. The number of rotatable bonds is 4. The smallest absolute Gasteiger partial charge is 0.256 e. The number of nitrogens with two attached hydrogens (primary N) is 1. The normalized spacial score (nSPS) is 17.2. The minimum Gasteiger partial charge on any atom is -0.330 e. The molecule has 1 unspecified atom stereocenters. The first-order valence-electron chi connectivity index (χ1n) is 7.55. The van der Waals surface area contributed by atoms with Crippen molar-refractivity contribution in [3.63, 3.8) is 0 Å². The molecular weight excluding hydrogens is 312 g/mol. The molecule has 0 saturated carbocycles. The van der Waals surface area contributed by atoms with Crippen LogP contribution in [0.15, 0.2) is 18.2 Å². The van der Waals surface area contributed by atoms with Crippen molar-refractivity contribution in [2.24, 2.45) is 5.73 Å². The van der Waals surface area contributed by atoms with E-state index >= 15 is 0 Å². The number of hydrogen-bond acceptors (Lipinski definition) is 5. The Hall–Kier alpha value is -2.74.